The SMILES string of the molecule is COc1ccc(S(=O)(=O)N(CC(=O)N(Cc2cccc(Cl)c2)C(Cc2ccccc2)C(=O)NC(C)C)c2ccc(F)cc2)cc1. The van der Waals surface area contributed by atoms with E-state index in [1.807, 2.05) is 44.2 Å². The molecule has 1 N–H and O–H groups in total. The van der Waals surface area contributed by atoms with Crippen molar-refractivity contribution in [2.24, 2.45) is 0 Å². The second-order valence-corrected chi connectivity index (χ2v) is 13.0. The Morgan fingerprint density at radius 1 is 0.889 bits per heavy atom. The third-order valence-corrected chi connectivity index (χ3v) is 9.01. The molecule has 0 saturated carbocycles. The van der Waals surface area contributed by atoms with Crippen LogP contribution >= 0.6 is 11.6 Å². The van der Waals surface area contributed by atoms with Crippen molar-refractivity contribution in [3.05, 3.63) is 125 Å². The smallest absolute Gasteiger partial charge is 0.264 e. The molecule has 0 aromatic heterocycles. The lowest BCUT2D eigenvalue weighted by molar-refractivity contribution is -0.140. The summed E-state index contributed by atoms with van der Waals surface area (Å²) < 4.78 is 48.1. The van der Waals surface area contributed by atoms with Crippen molar-refractivity contribution < 1.29 is 27.1 Å². The maximum atomic E-state index is 14.4. The van der Waals surface area contributed by atoms with Crippen molar-refractivity contribution in [2.45, 2.75) is 43.8 Å². The molecule has 0 heterocycles. The normalized spacial score (nSPS) is 12.0. The van der Waals surface area contributed by atoms with E-state index in [2.05, 4.69) is 5.32 Å². The van der Waals surface area contributed by atoms with Gasteiger partial charge in [-0.3, -0.25) is 13.9 Å². The maximum absolute atomic E-state index is 14.4. The van der Waals surface area contributed by atoms with Crippen molar-refractivity contribution in [1.82, 2.24) is 10.2 Å². The Hall–Kier alpha value is -4.41. The van der Waals surface area contributed by atoms with Crippen LogP contribution in [0.2, 0.25) is 5.02 Å². The van der Waals surface area contributed by atoms with Crippen molar-refractivity contribution in [2.75, 3.05) is 18.0 Å². The summed E-state index contributed by atoms with van der Waals surface area (Å²) in [7, 11) is -2.88. The number of carbonyl (C=O) groups is 2. The number of sulfonamides is 1. The van der Waals surface area contributed by atoms with Crippen LogP contribution in [0.25, 0.3) is 0 Å². The molecule has 0 spiro atoms. The summed E-state index contributed by atoms with van der Waals surface area (Å²) in [5.41, 5.74) is 1.54. The Morgan fingerprint density at radius 3 is 2.13 bits per heavy atom. The highest BCUT2D eigenvalue weighted by molar-refractivity contribution is 7.92. The third-order valence-electron chi connectivity index (χ3n) is 6.98. The molecule has 8 nitrogen and oxygen atoms in total. The average Bonchev–Trinajstić information content (AvgIpc) is 3.02. The van der Waals surface area contributed by atoms with Crippen LogP contribution in [0.4, 0.5) is 10.1 Å². The molecule has 0 radical (unpaired) electrons. The van der Waals surface area contributed by atoms with Crippen molar-refractivity contribution in [1.29, 1.82) is 0 Å². The summed E-state index contributed by atoms with van der Waals surface area (Å²) in [6, 6.07) is 25.5. The lowest BCUT2D eigenvalue weighted by Gasteiger charge is -2.34. The largest absolute Gasteiger partial charge is 0.497 e. The first kappa shape index (κ1) is 33.5. The van der Waals surface area contributed by atoms with Crippen molar-refractivity contribution >= 4 is 39.1 Å². The molecular weight excluding hydrogens is 617 g/mol. The number of rotatable bonds is 13. The van der Waals surface area contributed by atoms with Gasteiger partial charge in [-0.1, -0.05) is 54.1 Å². The van der Waals surface area contributed by atoms with E-state index >= 15 is 0 Å². The van der Waals surface area contributed by atoms with Crippen LogP contribution < -0.4 is 14.4 Å². The molecule has 4 rings (SSSR count). The summed E-state index contributed by atoms with van der Waals surface area (Å²) in [6.07, 6.45) is 0.174. The molecule has 2 amide bonds. The number of nitrogens with zero attached hydrogens (tertiary/aromatic N) is 2. The summed E-state index contributed by atoms with van der Waals surface area (Å²) in [5.74, 6) is -1.15. The second-order valence-electron chi connectivity index (χ2n) is 10.7. The van der Waals surface area contributed by atoms with Gasteiger partial charge in [0.1, 0.15) is 24.2 Å². The number of anilines is 1. The number of carbonyl (C=O) groups excluding carboxylic acids is 2. The number of benzene rings is 4. The van der Waals surface area contributed by atoms with Gasteiger partial charge in [0.25, 0.3) is 10.0 Å². The Kier molecular flexibility index (Phi) is 11.2. The van der Waals surface area contributed by atoms with Crippen LogP contribution in [0.3, 0.4) is 0 Å². The topological polar surface area (TPSA) is 96.0 Å². The lowest BCUT2D eigenvalue weighted by atomic mass is 10.0. The van der Waals surface area contributed by atoms with Gasteiger partial charge in [-0.15, -0.1) is 0 Å². The first-order chi connectivity index (χ1) is 21.5. The van der Waals surface area contributed by atoms with Crippen LogP contribution in [0, 0.1) is 5.82 Å². The van der Waals surface area contributed by atoms with Crippen molar-refractivity contribution in [3.63, 3.8) is 0 Å². The molecule has 0 aliphatic carbocycles. The summed E-state index contributed by atoms with van der Waals surface area (Å²) in [6.45, 7) is 2.94. The molecule has 1 unspecified atom stereocenters. The van der Waals surface area contributed by atoms with Crippen LogP contribution in [0.5, 0.6) is 5.75 Å². The zero-order valence-electron chi connectivity index (χ0n) is 25.2. The van der Waals surface area contributed by atoms with Gasteiger partial charge in [-0.25, -0.2) is 12.8 Å². The lowest BCUT2D eigenvalue weighted by Crippen LogP contribution is -2.54. The van der Waals surface area contributed by atoms with E-state index in [0.717, 1.165) is 22.0 Å². The van der Waals surface area contributed by atoms with Gasteiger partial charge in [-0.05, 0) is 85.6 Å². The van der Waals surface area contributed by atoms with E-state index in [1.54, 1.807) is 24.3 Å². The molecule has 1 atom stereocenters. The summed E-state index contributed by atoms with van der Waals surface area (Å²) in [4.78, 5) is 29.4. The fourth-order valence-corrected chi connectivity index (χ4v) is 6.40. The summed E-state index contributed by atoms with van der Waals surface area (Å²) in [5, 5.41) is 3.35. The zero-order chi connectivity index (χ0) is 32.6. The van der Waals surface area contributed by atoms with E-state index in [9.17, 15) is 22.4 Å². The van der Waals surface area contributed by atoms with E-state index in [0.29, 0.717) is 16.3 Å². The van der Waals surface area contributed by atoms with E-state index in [4.69, 9.17) is 16.3 Å². The van der Waals surface area contributed by atoms with E-state index in [1.165, 1.54) is 48.4 Å². The molecule has 0 aliphatic rings. The molecular formula is C34H35ClFN3O5S. The molecule has 0 bridgehead atoms. The number of hydrogen-bond acceptors (Lipinski definition) is 5. The van der Waals surface area contributed by atoms with Crippen LogP contribution in [0.15, 0.2) is 108 Å². The number of methoxy groups -OCH3 is 1. The zero-order valence-corrected chi connectivity index (χ0v) is 26.8. The average molecular weight is 652 g/mol. The highest BCUT2D eigenvalue weighted by Gasteiger charge is 2.35. The van der Waals surface area contributed by atoms with E-state index < -0.39 is 40.2 Å². The number of ether oxygens (including phenoxy) is 1. The highest BCUT2D eigenvalue weighted by Crippen LogP contribution is 2.27. The molecule has 4 aromatic carbocycles. The predicted molar refractivity (Wildman–Crippen MR) is 173 cm³/mol. The van der Waals surface area contributed by atoms with Crippen LogP contribution in [-0.4, -0.2) is 50.9 Å². The van der Waals surface area contributed by atoms with Gasteiger partial charge >= 0.3 is 0 Å². The minimum Gasteiger partial charge on any atom is -0.497 e. The molecule has 0 aliphatic heterocycles. The van der Waals surface area contributed by atoms with Gasteiger partial charge in [-0.2, -0.15) is 0 Å². The summed E-state index contributed by atoms with van der Waals surface area (Å²) >= 11 is 6.27. The molecule has 0 fully saturated rings. The quantitative estimate of drug-likeness (QED) is 0.196. The molecule has 4 aromatic rings. The Morgan fingerprint density at radius 2 is 1.53 bits per heavy atom. The van der Waals surface area contributed by atoms with Gasteiger partial charge in [0, 0.05) is 24.0 Å². The fourth-order valence-electron chi connectivity index (χ4n) is 4.78. The Balaban J connectivity index is 1.80. The highest BCUT2D eigenvalue weighted by atomic mass is 35.5. The van der Waals surface area contributed by atoms with Crippen LogP contribution in [0.1, 0.15) is 25.0 Å². The third kappa shape index (κ3) is 8.83. The van der Waals surface area contributed by atoms with Crippen LogP contribution in [-0.2, 0) is 32.6 Å². The number of nitrogens with one attached hydrogen (secondary N) is 1. The first-order valence-corrected chi connectivity index (χ1v) is 16.1. The van der Waals surface area contributed by atoms with E-state index in [-0.39, 0.29) is 29.6 Å². The fraction of sp³-hybridized carbons (Fsp3) is 0.235. The predicted octanol–water partition coefficient (Wildman–Crippen LogP) is 5.85. The second kappa shape index (κ2) is 15.0. The maximum Gasteiger partial charge on any atom is 0.264 e. The molecule has 11 heteroatoms. The molecule has 45 heavy (non-hydrogen) atoms. The van der Waals surface area contributed by atoms with Gasteiger partial charge in [0.2, 0.25) is 11.8 Å². The minimum absolute atomic E-state index is 0.0255. The van der Waals surface area contributed by atoms with Gasteiger partial charge < -0.3 is 15.0 Å². The van der Waals surface area contributed by atoms with Gasteiger partial charge in [0.15, 0.2) is 0 Å². The van der Waals surface area contributed by atoms with Crippen molar-refractivity contribution in [3.8, 4) is 5.75 Å². The molecule has 0 saturated heterocycles. The Labute approximate surface area is 268 Å². The first-order valence-electron chi connectivity index (χ1n) is 14.3. The Bertz CT molecular complexity index is 1700. The van der Waals surface area contributed by atoms with Gasteiger partial charge in [0.05, 0.1) is 17.7 Å². The number of hydrogen-bond donors (Lipinski definition) is 1. The monoisotopic (exact) mass is 651 g/mol. The standard InChI is InChI=1S/C34H35ClFN3O5S/c1-24(2)37-34(41)32(21-25-8-5-4-6-9-25)38(22-26-10-7-11-27(35)20-26)33(40)23-39(29-14-12-28(36)13-15-29)45(42,43)31-18-16-30(44-3)17-19-31/h4-20,24,32H,21-23H2,1-3H3,(H,37,41). The molecule has 236 valence electrons. The minimum atomic E-state index is -4.34. The number of halogens is 2. The number of amides is 2.